The van der Waals surface area contributed by atoms with E-state index in [9.17, 15) is 9.90 Å². The van der Waals surface area contributed by atoms with Crippen molar-refractivity contribution in [1.82, 2.24) is 5.32 Å². The molecule has 1 aliphatic carbocycles. The molecular weight excluding hydrogens is 389 g/mol. The van der Waals surface area contributed by atoms with Gasteiger partial charge in [-0.1, -0.05) is 29.8 Å². The van der Waals surface area contributed by atoms with Crippen LogP contribution in [-0.4, -0.2) is 35.4 Å². The third kappa shape index (κ3) is 6.11. The molecule has 0 bridgehead atoms. The highest BCUT2D eigenvalue weighted by molar-refractivity contribution is 6.30. The van der Waals surface area contributed by atoms with E-state index in [1.54, 1.807) is 12.1 Å². The monoisotopic (exact) mass is 411 g/mol. The lowest BCUT2D eigenvalue weighted by Gasteiger charge is -2.27. The first-order chi connectivity index (χ1) is 12.5. The Balaban J connectivity index is 0.00000261. The normalized spacial score (nSPS) is 16.7. The summed E-state index contributed by atoms with van der Waals surface area (Å²) in [5.41, 5.74) is 3.22. The standard InChI is InChI=1S/C20H22ClNO4.ClH/c21-16-3-1-2-14(8-16)19(23)11-22-17-6-4-13-5-7-18(10-15(13)9-17)26-12-20(24)25;/h1-3,5,7-8,10,17,19,22-23H,4,6,9,11-12H2,(H,24,25);1H/t17-,19-;/m0./s1. The Morgan fingerprint density at radius 1 is 1.26 bits per heavy atom. The number of rotatable bonds is 7. The Bertz CT molecular complexity index is 784. The number of nitrogens with one attached hydrogen (secondary N) is 1. The zero-order valence-corrected chi connectivity index (χ0v) is 16.3. The molecule has 3 N–H and O–H groups in total. The molecule has 27 heavy (non-hydrogen) atoms. The molecule has 0 saturated heterocycles. The number of aliphatic carboxylic acids is 1. The van der Waals surface area contributed by atoms with E-state index in [0.29, 0.717) is 17.3 Å². The topological polar surface area (TPSA) is 78.8 Å². The van der Waals surface area contributed by atoms with Gasteiger partial charge >= 0.3 is 5.97 Å². The van der Waals surface area contributed by atoms with E-state index < -0.39 is 12.1 Å². The number of hydrogen-bond acceptors (Lipinski definition) is 4. The van der Waals surface area contributed by atoms with Crippen molar-refractivity contribution in [3.63, 3.8) is 0 Å². The van der Waals surface area contributed by atoms with Crippen LogP contribution in [0.5, 0.6) is 5.75 Å². The van der Waals surface area contributed by atoms with E-state index >= 15 is 0 Å². The summed E-state index contributed by atoms with van der Waals surface area (Å²) in [6, 6.07) is 13.2. The average Bonchev–Trinajstić information content (AvgIpc) is 2.64. The van der Waals surface area contributed by atoms with Crippen molar-refractivity contribution in [1.29, 1.82) is 0 Å². The third-order valence-corrected chi connectivity index (χ3v) is 4.84. The van der Waals surface area contributed by atoms with Crippen LogP contribution in [0.3, 0.4) is 0 Å². The summed E-state index contributed by atoms with van der Waals surface area (Å²) in [6.45, 7) is 0.113. The second-order valence-electron chi connectivity index (χ2n) is 6.53. The van der Waals surface area contributed by atoms with E-state index in [0.717, 1.165) is 30.4 Å². The molecule has 0 amide bonds. The number of carbonyl (C=O) groups is 1. The maximum absolute atomic E-state index is 10.6. The number of aliphatic hydroxyl groups excluding tert-OH is 1. The number of halogens is 2. The molecule has 2 aromatic rings. The number of hydrogen-bond donors (Lipinski definition) is 3. The second-order valence-corrected chi connectivity index (χ2v) is 6.97. The van der Waals surface area contributed by atoms with Gasteiger partial charge in [0.1, 0.15) is 5.75 Å². The van der Waals surface area contributed by atoms with Crippen molar-refractivity contribution >= 4 is 30.0 Å². The molecule has 1 aliphatic rings. The third-order valence-electron chi connectivity index (χ3n) is 4.60. The molecule has 2 aromatic carbocycles. The van der Waals surface area contributed by atoms with Gasteiger partial charge in [0.05, 0.1) is 6.10 Å². The van der Waals surface area contributed by atoms with Crippen molar-refractivity contribution in [2.45, 2.75) is 31.4 Å². The van der Waals surface area contributed by atoms with Gasteiger partial charge < -0.3 is 20.3 Å². The number of aliphatic hydroxyl groups is 1. The maximum atomic E-state index is 10.6. The number of aryl methyl sites for hydroxylation is 1. The molecule has 0 heterocycles. The van der Waals surface area contributed by atoms with Crippen LogP contribution in [0.1, 0.15) is 29.2 Å². The average molecular weight is 412 g/mol. The molecule has 2 atom stereocenters. The van der Waals surface area contributed by atoms with Gasteiger partial charge in [-0.2, -0.15) is 0 Å². The molecular formula is C20H23Cl2NO4. The zero-order chi connectivity index (χ0) is 18.5. The Morgan fingerprint density at radius 2 is 2.07 bits per heavy atom. The quantitative estimate of drug-likeness (QED) is 0.650. The van der Waals surface area contributed by atoms with E-state index in [4.69, 9.17) is 21.4 Å². The lowest BCUT2D eigenvalue weighted by molar-refractivity contribution is -0.139. The van der Waals surface area contributed by atoms with Crippen LogP contribution in [0.4, 0.5) is 0 Å². The summed E-state index contributed by atoms with van der Waals surface area (Å²) in [5.74, 6) is -0.414. The van der Waals surface area contributed by atoms with Gasteiger partial charge in [0, 0.05) is 17.6 Å². The minimum atomic E-state index is -0.989. The Labute approximate surface area is 169 Å². The van der Waals surface area contributed by atoms with Gasteiger partial charge in [-0.25, -0.2) is 4.79 Å². The van der Waals surface area contributed by atoms with Crippen LogP contribution in [0.15, 0.2) is 42.5 Å². The van der Waals surface area contributed by atoms with Crippen LogP contribution < -0.4 is 10.1 Å². The molecule has 0 spiro atoms. The first-order valence-corrected chi connectivity index (χ1v) is 9.02. The lowest BCUT2D eigenvalue weighted by atomic mass is 9.88. The number of carboxylic acids is 1. The Kier molecular flexibility index (Phi) is 7.92. The highest BCUT2D eigenvalue weighted by Gasteiger charge is 2.20. The predicted molar refractivity (Wildman–Crippen MR) is 107 cm³/mol. The molecule has 0 aliphatic heterocycles. The molecule has 3 rings (SSSR count). The Hall–Kier alpha value is -1.79. The minimum absolute atomic E-state index is 0. The highest BCUT2D eigenvalue weighted by atomic mass is 35.5. The first kappa shape index (κ1) is 21.5. The summed E-state index contributed by atoms with van der Waals surface area (Å²) < 4.78 is 5.26. The Morgan fingerprint density at radius 3 is 2.81 bits per heavy atom. The highest BCUT2D eigenvalue weighted by Crippen LogP contribution is 2.26. The summed E-state index contributed by atoms with van der Waals surface area (Å²) in [6.07, 6.45) is 2.15. The number of benzene rings is 2. The van der Waals surface area contributed by atoms with Crippen molar-refractivity contribution < 1.29 is 19.7 Å². The van der Waals surface area contributed by atoms with E-state index in [1.165, 1.54) is 5.56 Å². The molecule has 0 unspecified atom stereocenters. The zero-order valence-electron chi connectivity index (χ0n) is 14.7. The summed E-state index contributed by atoms with van der Waals surface area (Å²) >= 11 is 5.97. The van der Waals surface area contributed by atoms with E-state index in [1.807, 2.05) is 30.3 Å². The van der Waals surface area contributed by atoms with Gasteiger partial charge in [-0.3, -0.25) is 0 Å². The van der Waals surface area contributed by atoms with Crippen LogP contribution in [0.2, 0.25) is 5.02 Å². The predicted octanol–water partition coefficient (Wildman–Crippen LogP) is 3.41. The smallest absolute Gasteiger partial charge is 0.341 e. The first-order valence-electron chi connectivity index (χ1n) is 8.64. The van der Waals surface area contributed by atoms with E-state index in [2.05, 4.69) is 5.32 Å². The summed E-state index contributed by atoms with van der Waals surface area (Å²) in [7, 11) is 0. The van der Waals surface area contributed by atoms with Crippen molar-refractivity contribution in [2.75, 3.05) is 13.2 Å². The number of fused-ring (bicyclic) bond motifs is 1. The molecule has 5 nitrogen and oxygen atoms in total. The van der Waals surface area contributed by atoms with Crippen LogP contribution in [-0.2, 0) is 17.6 Å². The maximum Gasteiger partial charge on any atom is 0.341 e. The van der Waals surface area contributed by atoms with Crippen LogP contribution in [0.25, 0.3) is 0 Å². The fraction of sp³-hybridized carbons (Fsp3) is 0.350. The van der Waals surface area contributed by atoms with Crippen LogP contribution >= 0.6 is 24.0 Å². The molecule has 7 heteroatoms. The van der Waals surface area contributed by atoms with Crippen molar-refractivity contribution in [2.24, 2.45) is 0 Å². The van der Waals surface area contributed by atoms with Gasteiger partial charge in [0.25, 0.3) is 0 Å². The fourth-order valence-electron chi connectivity index (χ4n) is 3.25. The summed E-state index contributed by atoms with van der Waals surface area (Å²) in [5, 5.41) is 23.1. The number of ether oxygens (including phenoxy) is 1. The SMILES string of the molecule is Cl.O=C(O)COc1ccc2c(c1)C[C@@H](NC[C@H](O)c1cccc(Cl)c1)CC2. The largest absolute Gasteiger partial charge is 0.482 e. The van der Waals surface area contributed by atoms with E-state index in [-0.39, 0.29) is 25.1 Å². The number of carboxylic acid groups (broad SMARTS) is 1. The lowest BCUT2D eigenvalue weighted by Crippen LogP contribution is -2.37. The fourth-order valence-corrected chi connectivity index (χ4v) is 3.45. The molecule has 0 aromatic heterocycles. The van der Waals surface area contributed by atoms with Crippen LogP contribution in [0, 0.1) is 0 Å². The summed E-state index contributed by atoms with van der Waals surface area (Å²) in [4.78, 5) is 10.6. The van der Waals surface area contributed by atoms with Crippen molar-refractivity contribution in [3.8, 4) is 5.75 Å². The second kappa shape index (κ2) is 9.95. The van der Waals surface area contributed by atoms with Gasteiger partial charge in [-0.05, 0) is 60.2 Å². The minimum Gasteiger partial charge on any atom is -0.482 e. The van der Waals surface area contributed by atoms with Gasteiger partial charge in [-0.15, -0.1) is 12.4 Å². The molecule has 0 fully saturated rings. The van der Waals surface area contributed by atoms with Gasteiger partial charge in [0.2, 0.25) is 0 Å². The molecule has 146 valence electrons. The molecule has 0 radical (unpaired) electrons. The molecule has 0 saturated carbocycles. The van der Waals surface area contributed by atoms with Gasteiger partial charge in [0.15, 0.2) is 6.61 Å². The van der Waals surface area contributed by atoms with Crippen molar-refractivity contribution in [3.05, 3.63) is 64.2 Å².